The van der Waals surface area contributed by atoms with Gasteiger partial charge in [0, 0.05) is 0 Å². The molecular weight excluding hydrogens is 196 g/mol. The fourth-order valence-corrected chi connectivity index (χ4v) is 2.10. The highest BCUT2D eigenvalue weighted by molar-refractivity contribution is 7.12. The lowest BCUT2D eigenvalue weighted by Gasteiger charge is -2.17. The SMILES string of the molecule is C#CC(C)(C)c1ccsc1C(=O)OC. The summed E-state index contributed by atoms with van der Waals surface area (Å²) in [4.78, 5) is 12.0. The third-order valence-electron chi connectivity index (χ3n) is 2.07. The highest BCUT2D eigenvalue weighted by Crippen LogP contribution is 2.29. The molecule has 0 amide bonds. The van der Waals surface area contributed by atoms with Crippen LogP contribution >= 0.6 is 11.3 Å². The first-order chi connectivity index (χ1) is 6.53. The molecule has 0 radical (unpaired) electrons. The molecule has 0 aliphatic carbocycles. The molecule has 0 spiro atoms. The monoisotopic (exact) mass is 208 g/mol. The summed E-state index contributed by atoms with van der Waals surface area (Å²) in [5.41, 5.74) is 0.431. The van der Waals surface area contributed by atoms with Crippen molar-refractivity contribution in [3.05, 3.63) is 21.9 Å². The highest BCUT2D eigenvalue weighted by Gasteiger charge is 2.25. The van der Waals surface area contributed by atoms with E-state index in [1.165, 1.54) is 18.4 Å². The van der Waals surface area contributed by atoms with Crippen LogP contribution in [0.25, 0.3) is 0 Å². The topological polar surface area (TPSA) is 26.3 Å². The van der Waals surface area contributed by atoms with E-state index in [1.807, 2.05) is 25.3 Å². The zero-order valence-corrected chi connectivity index (χ0v) is 9.27. The Kier molecular flexibility index (Phi) is 2.97. The molecule has 0 unspecified atom stereocenters. The van der Waals surface area contributed by atoms with Crippen molar-refractivity contribution in [1.29, 1.82) is 0 Å². The number of rotatable bonds is 2. The van der Waals surface area contributed by atoms with Crippen LogP contribution in [-0.2, 0) is 10.2 Å². The average Bonchev–Trinajstić information content (AvgIpc) is 2.65. The van der Waals surface area contributed by atoms with E-state index < -0.39 is 5.41 Å². The lowest BCUT2D eigenvalue weighted by atomic mass is 9.86. The maximum absolute atomic E-state index is 11.4. The van der Waals surface area contributed by atoms with Crippen molar-refractivity contribution in [3.63, 3.8) is 0 Å². The van der Waals surface area contributed by atoms with E-state index >= 15 is 0 Å². The molecule has 74 valence electrons. The summed E-state index contributed by atoms with van der Waals surface area (Å²) in [5.74, 6) is 2.34. The van der Waals surface area contributed by atoms with Crippen molar-refractivity contribution in [3.8, 4) is 12.3 Å². The van der Waals surface area contributed by atoms with Crippen molar-refractivity contribution < 1.29 is 9.53 Å². The molecule has 0 atom stereocenters. The van der Waals surface area contributed by atoms with Crippen molar-refractivity contribution in [2.24, 2.45) is 0 Å². The van der Waals surface area contributed by atoms with Gasteiger partial charge in [-0.3, -0.25) is 0 Å². The van der Waals surface area contributed by atoms with Crippen LogP contribution in [0.5, 0.6) is 0 Å². The molecule has 1 aromatic rings. The summed E-state index contributed by atoms with van der Waals surface area (Å²) in [6.07, 6.45) is 5.41. The van der Waals surface area contributed by atoms with E-state index in [-0.39, 0.29) is 5.97 Å². The molecule has 2 nitrogen and oxygen atoms in total. The van der Waals surface area contributed by atoms with Gasteiger partial charge in [0.05, 0.1) is 12.5 Å². The molecule has 0 fully saturated rings. The second-order valence-electron chi connectivity index (χ2n) is 3.42. The molecule has 0 N–H and O–H groups in total. The fourth-order valence-electron chi connectivity index (χ4n) is 1.13. The van der Waals surface area contributed by atoms with Crippen LogP contribution in [0.1, 0.15) is 29.1 Å². The molecule has 0 bridgehead atoms. The van der Waals surface area contributed by atoms with Gasteiger partial charge >= 0.3 is 5.97 Å². The first-order valence-corrected chi connectivity index (χ1v) is 5.05. The van der Waals surface area contributed by atoms with Gasteiger partial charge in [-0.05, 0) is 30.9 Å². The van der Waals surface area contributed by atoms with Crippen LogP contribution in [0.4, 0.5) is 0 Å². The van der Waals surface area contributed by atoms with Crippen LogP contribution in [0.2, 0.25) is 0 Å². The minimum absolute atomic E-state index is 0.321. The van der Waals surface area contributed by atoms with Gasteiger partial charge in [0.15, 0.2) is 0 Å². The van der Waals surface area contributed by atoms with Crippen molar-refractivity contribution >= 4 is 17.3 Å². The van der Waals surface area contributed by atoms with Crippen molar-refractivity contribution in [2.45, 2.75) is 19.3 Å². The fraction of sp³-hybridized carbons (Fsp3) is 0.364. The summed E-state index contributed by atoms with van der Waals surface area (Å²) in [6, 6.07) is 1.87. The number of carbonyl (C=O) groups excluding carboxylic acids is 1. The summed E-state index contributed by atoms with van der Waals surface area (Å²) in [5, 5.41) is 1.85. The van der Waals surface area contributed by atoms with Crippen LogP contribution < -0.4 is 0 Å². The van der Waals surface area contributed by atoms with Gasteiger partial charge in [-0.15, -0.1) is 17.8 Å². The molecule has 0 saturated heterocycles. The van der Waals surface area contributed by atoms with Gasteiger partial charge in [0.25, 0.3) is 0 Å². The summed E-state index contributed by atoms with van der Waals surface area (Å²) < 4.78 is 4.68. The molecular formula is C11H12O2S. The van der Waals surface area contributed by atoms with E-state index in [0.29, 0.717) is 4.88 Å². The Morgan fingerprint density at radius 1 is 1.64 bits per heavy atom. The predicted octanol–water partition coefficient (Wildman–Crippen LogP) is 2.45. The first kappa shape index (κ1) is 10.8. The Bertz CT molecular complexity index is 382. The van der Waals surface area contributed by atoms with E-state index in [4.69, 9.17) is 6.42 Å². The Morgan fingerprint density at radius 2 is 2.29 bits per heavy atom. The highest BCUT2D eigenvalue weighted by atomic mass is 32.1. The number of carbonyl (C=O) groups is 1. The van der Waals surface area contributed by atoms with Crippen LogP contribution in [0, 0.1) is 12.3 Å². The molecule has 1 aromatic heterocycles. The minimum Gasteiger partial charge on any atom is -0.465 e. The van der Waals surface area contributed by atoms with Crippen molar-refractivity contribution in [2.75, 3.05) is 7.11 Å². The number of thiophene rings is 1. The Balaban J connectivity index is 3.19. The van der Waals surface area contributed by atoms with Gasteiger partial charge in [0.1, 0.15) is 4.88 Å². The standard InChI is InChI=1S/C11H12O2S/c1-5-11(2,3)8-6-7-14-9(8)10(12)13-4/h1,6-7H,2-4H3. The number of methoxy groups -OCH3 is 1. The third-order valence-corrected chi connectivity index (χ3v) is 2.96. The van der Waals surface area contributed by atoms with Gasteiger partial charge in [0.2, 0.25) is 0 Å². The maximum atomic E-state index is 11.4. The lowest BCUT2D eigenvalue weighted by molar-refractivity contribution is 0.0604. The normalized spacial score (nSPS) is 10.7. The molecule has 14 heavy (non-hydrogen) atoms. The van der Waals surface area contributed by atoms with E-state index in [9.17, 15) is 4.79 Å². The second-order valence-corrected chi connectivity index (χ2v) is 4.34. The van der Waals surface area contributed by atoms with Gasteiger partial charge in [-0.25, -0.2) is 4.79 Å². The molecule has 3 heteroatoms. The Labute approximate surface area is 87.9 Å². The molecule has 1 rings (SSSR count). The molecule has 0 saturated carbocycles. The maximum Gasteiger partial charge on any atom is 0.348 e. The van der Waals surface area contributed by atoms with Gasteiger partial charge in [-0.1, -0.05) is 5.92 Å². The third kappa shape index (κ3) is 1.80. The van der Waals surface area contributed by atoms with Crippen molar-refractivity contribution in [1.82, 2.24) is 0 Å². The zero-order valence-electron chi connectivity index (χ0n) is 8.46. The second kappa shape index (κ2) is 3.85. The van der Waals surface area contributed by atoms with Gasteiger partial charge in [-0.2, -0.15) is 0 Å². The number of hydrogen-bond acceptors (Lipinski definition) is 3. The molecule has 0 aliphatic rings. The van der Waals surface area contributed by atoms with E-state index in [1.54, 1.807) is 0 Å². The largest absolute Gasteiger partial charge is 0.465 e. The average molecular weight is 208 g/mol. The van der Waals surface area contributed by atoms with E-state index in [2.05, 4.69) is 10.7 Å². The Morgan fingerprint density at radius 3 is 2.79 bits per heavy atom. The number of esters is 1. The summed E-state index contributed by atoms with van der Waals surface area (Å²) in [7, 11) is 1.37. The lowest BCUT2D eigenvalue weighted by Crippen LogP contribution is -2.17. The first-order valence-electron chi connectivity index (χ1n) is 4.17. The summed E-state index contributed by atoms with van der Waals surface area (Å²) in [6.45, 7) is 3.81. The van der Waals surface area contributed by atoms with Crippen LogP contribution in [0.15, 0.2) is 11.4 Å². The Hall–Kier alpha value is -1.27. The van der Waals surface area contributed by atoms with E-state index in [0.717, 1.165) is 5.56 Å². The number of hydrogen-bond donors (Lipinski definition) is 0. The van der Waals surface area contributed by atoms with Gasteiger partial charge < -0.3 is 4.74 Å². The van der Waals surface area contributed by atoms with Crippen LogP contribution in [-0.4, -0.2) is 13.1 Å². The molecule has 0 aromatic carbocycles. The number of ether oxygens (including phenoxy) is 1. The minimum atomic E-state index is -0.427. The molecule has 0 aliphatic heterocycles. The smallest absolute Gasteiger partial charge is 0.348 e. The van der Waals surface area contributed by atoms with Crippen LogP contribution in [0.3, 0.4) is 0 Å². The zero-order chi connectivity index (χ0) is 10.8. The predicted molar refractivity (Wildman–Crippen MR) is 57.5 cm³/mol. The summed E-state index contributed by atoms with van der Waals surface area (Å²) >= 11 is 1.35. The number of terminal acetylenes is 1. The molecule has 1 heterocycles. The quantitative estimate of drug-likeness (QED) is 0.551.